The van der Waals surface area contributed by atoms with Gasteiger partial charge in [0.15, 0.2) is 0 Å². The number of hydrogen-bond acceptors (Lipinski definition) is 3. The highest BCUT2D eigenvalue weighted by molar-refractivity contribution is 6.60. The Kier molecular flexibility index (Phi) is 11.7. The van der Waals surface area contributed by atoms with Crippen LogP contribution >= 0.6 is 0 Å². The molecule has 0 unspecified atom stereocenters. The van der Waals surface area contributed by atoms with Crippen molar-refractivity contribution in [1.82, 2.24) is 0 Å². The number of hydrogen-bond donors (Lipinski definition) is 0. The summed E-state index contributed by atoms with van der Waals surface area (Å²) in [5.74, 6) is 0. The van der Waals surface area contributed by atoms with Crippen LogP contribution in [0.15, 0.2) is 0 Å². The minimum Gasteiger partial charge on any atom is -0.371 e. The summed E-state index contributed by atoms with van der Waals surface area (Å²) in [4.78, 5) is 0. The van der Waals surface area contributed by atoms with E-state index in [0.29, 0.717) is 0 Å². The van der Waals surface area contributed by atoms with E-state index in [4.69, 9.17) is 13.3 Å². The van der Waals surface area contributed by atoms with Gasteiger partial charge >= 0.3 is 8.80 Å². The van der Waals surface area contributed by atoms with Gasteiger partial charge in [-0.15, -0.1) is 0 Å². The molecule has 0 N–H and O–H groups in total. The second-order valence-corrected chi connectivity index (χ2v) is 9.27. The van der Waals surface area contributed by atoms with Gasteiger partial charge in [-0.1, -0.05) is 39.0 Å². The Morgan fingerprint density at radius 1 is 0.619 bits per heavy atom. The Balaban J connectivity index is 4.51. The Labute approximate surface area is 134 Å². The van der Waals surface area contributed by atoms with Crippen LogP contribution in [0, 0.1) is 0 Å². The van der Waals surface area contributed by atoms with E-state index < -0.39 is 8.80 Å². The molecule has 0 rings (SSSR count). The summed E-state index contributed by atoms with van der Waals surface area (Å²) in [7, 11) is -2.55. The van der Waals surface area contributed by atoms with E-state index in [-0.39, 0.29) is 18.3 Å². The zero-order valence-electron chi connectivity index (χ0n) is 15.4. The molecule has 0 saturated heterocycles. The first-order valence-electron chi connectivity index (χ1n) is 8.84. The molecule has 0 saturated carbocycles. The second kappa shape index (κ2) is 11.6. The molecule has 0 aromatic heterocycles. The summed E-state index contributed by atoms with van der Waals surface area (Å²) >= 11 is 0. The lowest BCUT2D eigenvalue weighted by Gasteiger charge is -2.34. The summed E-state index contributed by atoms with van der Waals surface area (Å²) in [6, 6.07) is 0.938. The molecule has 0 aromatic rings. The summed E-state index contributed by atoms with van der Waals surface area (Å²) < 4.78 is 18.5. The third kappa shape index (κ3) is 11.3. The van der Waals surface area contributed by atoms with Gasteiger partial charge in [-0.2, -0.15) is 0 Å². The number of unbranched alkanes of at least 4 members (excludes halogenated alkanes) is 5. The molecule has 0 fully saturated rings. The molecule has 0 radical (unpaired) electrons. The van der Waals surface area contributed by atoms with Crippen LogP contribution in [0.1, 0.15) is 87.0 Å². The predicted octanol–water partition coefficient (Wildman–Crippen LogP) is 5.56. The predicted molar refractivity (Wildman–Crippen MR) is 92.6 cm³/mol. The average molecular weight is 319 g/mol. The van der Waals surface area contributed by atoms with Crippen LogP contribution in [0.2, 0.25) is 6.04 Å². The summed E-state index contributed by atoms with van der Waals surface area (Å²) in [5, 5.41) is 0. The standard InChI is InChI=1S/C17H38O3Si/c1-8-9-10-11-12-13-14-21(18-15(2)3,19-16(4)5)20-17(6)7/h15-17H,8-14H2,1-7H3. The van der Waals surface area contributed by atoms with E-state index in [1.165, 1.54) is 32.1 Å². The maximum atomic E-state index is 6.18. The van der Waals surface area contributed by atoms with E-state index in [0.717, 1.165) is 12.5 Å². The van der Waals surface area contributed by atoms with Crippen molar-refractivity contribution in [3.8, 4) is 0 Å². The highest BCUT2D eigenvalue weighted by Crippen LogP contribution is 2.25. The quantitative estimate of drug-likeness (QED) is 0.328. The normalized spacial score (nSPS) is 12.9. The highest BCUT2D eigenvalue weighted by atomic mass is 28.4. The van der Waals surface area contributed by atoms with Crippen LogP contribution in [-0.4, -0.2) is 27.1 Å². The lowest BCUT2D eigenvalue weighted by Crippen LogP contribution is -2.50. The minimum absolute atomic E-state index is 0.147. The monoisotopic (exact) mass is 318 g/mol. The second-order valence-electron chi connectivity index (χ2n) is 6.70. The van der Waals surface area contributed by atoms with Crippen molar-refractivity contribution in [3.63, 3.8) is 0 Å². The van der Waals surface area contributed by atoms with Crippen molar-refractivity contribution in [3.05, 3.63) is 0 Å². The fourth-order valence-corrected chi connectivity index (χ4v) is 5.82. The molecule has 0 heterocycles. The Morgan fingerprint density at radius 3 is 1.38 bits per heavy atom. The lowest BCUT2D eigenvalue weighted by atomic mass is 10.1. The van der Waals surface area contributed by atoms with Crippen molar-refractivity contribution in [1.29, 1.82) is 0 Å². The third-order valence-electron chi connectivity index (χ3n) is 3.08. The molecule has 0 bridgehead atoms. The van der Waals surface area contributed by atoms with Gasteiger partial charge in [0.05, 0.1) is 0 Å². The van der Waals surface area contributed by atoms with Crippen LogP contribution < -0.4 is 0 Å². The summed E-state index contributed by atoms with van der Waals surface area (Å²) in [6.07, 6.45) is 8.12. The maximum Gasteiger partial charge on any atom is 0.501 e. The van der Waals surface area contributed by atoms with E-state index in [2.05, 4.69) is 48.5 Å². The van der Waals surface area contributed by atoms with Gasteiger partial charge in [-0.3, -0.25) is 0 Å². The maximum absolute atomic E-state index is 6.18. The van der Waals surface area contributed by atoms with Gasteiger partial charge < -0.3 is 13.3 Å². The molecule has 21 heavy (non-hydrogen) atoms. The van der Waals surface area contributed by atoms with Gasteiger partial charge in [0.2, 0.25) is 0 Å². The van der Waals surface area contributed by atoms with Gasteiger partial charge in [-0.05, 0) is 48.0 Å². The molecular weight excluding hydrogens is 280 g/mol. The highest BCUT2D eigenvalue weighted by Gasteiger charge is 2.43. The van der Waals surface area contributed by atoms with E-state index in [1.807, 2.05) is 0 Å². The van der Waals surface area contributed by atoms with E-state index in [9.17, 15) is 0 Å². The van der Waals surface area contributed by atoms with Gasteiger partial charge in [0, 0.05) is 24.4 Å². The zero-order valence-corrected chi connectivity index (χ0v) is 16.4. The Hall–Kier alpha value is 0.0969. The van der Waals surface area contributed by atoms with E-state index in [1.54, 1.807) is 0 Å². The van der Waals surface area contributed by atoms with Crippen LogP contribution in [0.3, 0.4) is 0 Å². The van der Waals surface area contributed by atoms with Gasteiger partial charge in [0.25, 0.3) is 0 Å². The molecule has 3 nitrogen and oxygen atoms in total. The third-order valence-corrected chi connectivity index (χ3v) is 6.54. The summed E-state index contributed by atoms with van der Waals surface area (Å²) in [6.45, 7) is 14.6. The zero-order chi connectivity index (χ0) is 16.3. The topological polar surface area (TPSA) is 27.7 Å². The number of rotatable bonds is 13. The lowest BCUT2D eigenvalue weighted by molar-refractivity contribution is 0.00278. The van der Waals surface area contributed by atoms with Crippen LogP contribution in [-0.2, 0) is 13.3 Å². The Bertz CT molecular complexity index is 216. The molecule has 0 aliphatic heterocycles. The van der Waals surface area contributed by atoms with Crippen LogP contribution in [0.4, 0.5) is 0 Å². The smallest absolute Gasteiger partial charge is 0.371 e. The van der Waals surface area contributed by atoms with Gasteiger partial charge in [0.1, 0.15) is 0 Å². The molecule has 128 valence electrons. The SMILES string of the molecule is CCCCCCCC[Si](OC(C)C)(OC(C)C)OC(C)C. The fraction of sp³-hybridized carbons (Fsp3) is 1.00. The molecule has 0 atom stereocenters. The minimum atomic E-state index is -2.55. The largest absolute Gasteiger partial charge is 0.501 e. The van der Waals surface area contributed by atoms with Crippen molar-refractivity contribution >= 4 is 8.80 Å². The first kappa shape index (κ1) is 21.1. The van der Waals surface area contributed by atoms with Crippen LogP contribution in [0.25, 0.3) is 0 Å². The first-order valence-corrected chi connectivity index (χ1v) is 10.8. The molecule has 0 spiro atoms. The molecule has 0 amide bonds. The molecule has 0 aliphatic carbocycles. The van der Waals surface area contributed by atoms with Crippen LogP contribution in [0.5, 0.6) is 0 Å². The molecule has 0 aliphatic rings. The average Bonchev–Trinajstić information content (AvgIpc) is 2.30. The molecular formula is C17H38O3Si. The fourth-order valence-electron chi connectivity index (χ4n) is 2.46. The van der Waals surface area contributed by atoms with Crippen molar-refractivity contribution in [2.45, 2.75) is 111 Å². The van der Waals surface area contributed by atoms with Gasteiger partial charge in [-0.25, -0.2) is 0 Å². The van der Waals surface area contributed by atoms with Crippen molar-refractivity contribution in [2.24, 2.45) is 0 Å². The Morgan fingerprint density at radius 2 is 1.00 bits per heavy atom. The summed E-state index contributed by atoms with van der Waals surface area (Å²) in [5.41, 5.74) is 0. The first-order chi connectivity index (χ1) is 9.81. The molecule has 4 heteroatoms. The molecule has 0 aromatic carbocycles. The van der Waals surface area contributed by atoms with Crippen molar-refractivity contribution in [2.75, 3.05) is 0 Å². The van der Waals surface area contributed by atoms with Crippen molar-refractivity contribution < 1.29 is 13.3 Å². The van der Waals surface area contributed by atoms with E-state index >= 15 is 0 Å².